The molecule has 3 heterocycles. The molecule has 1 aliphatic heterocycles. The van der Waals surface area contributed by atoms with Gasteiger partial charge in [0.25, 0.3) is 0 Å². The number of carbonyl (C=O) groups excluding carboxylic acids is 1. The van der Waals surface area contributed by atoms with Crippen molar-refractivity contribution >= 4 is 33.6 Å². The normalized spacial score (nSPS) is 16.8. The lowest BCUT2D eigenvalue weighted by Crippen LogP contribution is -2.61. The van der Waals surface area contributed by atoms with Gasteiger partial charge in [0.1, 0.15) is 0 Å². The molecule has 1 saturated heterocycles. The summed E-state index contributed by atoms with van der Waals surface area (Å²) in [6.07, 6.45) is 5.68. The van der Waals surface area contributed by atoms with Crippen LogP contribution in [0.1, 0.15) is 57.1 Å². The molecule has 3 aromatic rings. The number of fused-ring (bicyclic) bond motifs is 2. The summed E-state index contributed by atoms with van der Waals surface area (Å²) in [5.74, 6) is 1.96. The highest BCUT2D eigenvalue weighted by Crippen LogP contribution is 2.39. The standard InChI is InChI=1S/C30H42N4O5S/c1-22(2)13-20-38-30(37)39-21-34(17-8-7-14-33-28(35)23-9-3-4-10-24(23)29(33)36)18-15-32(16-19-34)27-25-11-5-6-12-26(25)40-31-27/h5-6,11-12,22H,3-4,7-10,13-21H2,1-2H3,(H-,35,36)/p+1. The van der Waals surface area contributed by atoms with Crippen LogP contribution >= 0.6 is 11.5 Å². The predicted octanol–water partition coefficient (Wildman–Crippen LogP) is 5.66. The number of aromatic hydroxyl groups is 2. The van der Waals surface area contributed by atoms with Crippen molar-refractivity contribution in [2.75, 3.05) is 51.0 Å². The van der Waals surface area contributed by atoms with Gasteiger partial charge in [-0.1, -0.05) is 26.0 Å². The highest BCUT2D eigenvalue weighted by atomic mass is 32.1. The van der Waals surface area contributed by atoms with E-state index in [0.29, 0.717) is 23.6 Å². The third-order valence-electron chi connectivity index (χ3n) is 8.50. The zero-order chi connectivity index (χ0) is 28.1. The van der Waals surface area contributed by atoms with E-state index in [9.17, 15) is 15.0 Å². The van der Waals surface area contributed by atoms with Gasteiger partial charge in [0, 0.05) is 23.1 Å². The number of quaternary nitrogens is 1. The lowest BCUT2D eigenvalue weighted by atomic mass is 9.95. The molecule has 5 rings (SSSR count). The summed E-state index contributed by atoms with van der Waals surface area (Å²) in [4.78, 5) is 14.7. The second kappa shape index (κ2) is 12.7. The first-order valence-electron chi connectivity index (χ1n) is 14.7. The summed E-state index contributed by atoms with van der Waals surface area (Å²) >= 11 is 1.53. The fraction of sp³-hybridized carbons (Fsp3) is 0.600. The first kappa shape index (κ1) is 28.5. The SMILES string of the molecule is CC(C)CCOC(=O)OC[N+]1(CCCCn2c(O)c3c(c2O)CCCC3)CCN(c2nsc3ccccc23)CC1. The number of anilines is 1. The molecule has 9 nitrogen and oxygen atoms in total. The second-order valence-corrected chi connectivity index (χ2v) is 12.5. The summed E-state index contributed by atoms with van der Waals surface area (Å²) < 4.78 is 19.3. The second-order valence-electron chi connectivity index (χ2n) is 11.7. The lowest BCUT2D eigenvalue weighted by molar-refractivity contribution is -0.944. The first-order chi connectivity index (χ1) is 19.4. The molecule has 0 saturated carbocycles. The van der Waals surface area contributed by atoms with Gasteiger partial charge in [-0.25, -0.2) is 4.79 Å². The van der Waals surface area contributed by atoms with Crippen molar-refractivity contribution in [2.24, 2.45) is 5.92 Å². The van der Waals surface area contributed by atoms with E-state index in [-0.39, 0.29) is 18.5 Å². The van der Waals surface area contributed by atoms with Crippen LogP contribution in [-0.2, 0) is 28.9 Å². The maximum absolute atomic E-state index is 12.4. The molecule has 2 aromatic heterocycles. The molecule has 10 heteroatoms. The average Bonchev–Trinajstić information content (AvgIpc) is 3.49. The quantitative estimate of drug-likeness (QED) is 0.174. The van der Waals surface area contributed by atoms with Crippen LogP contribution in [0.2, 0.25) is 0 Å². The molecule has 0 atom stereocenters. The molecule has 0 radical (unpaired) electrons. The Morgan fingerprint density at radius 1 is 1.05 bits per heavy atom. The van der Waals surface area contributed by atoms with Crippen LogP contribution in [0, 0.1) is 5.92 Å². The molecule has 40 heavy (non-hydrogen) atoms. The minimum absolute atomic E-state index is 0.229. The maximum Gasteiger partial charge on any atom is 0.512 e. The molecule has 1 aromatic carbocycles. The van der Waals surface area contributed by atoms with Crippen molar-refractivity contribution in [3.63, 3.8) is 0 Å². The zero-order valence-corrected chi connectivity index (χ0v) is 24.6. The largest absolute Gasteiger partial charge is 0.512 e. The summed E-state index contributed by atoms with van der Waals surface area (Å²) in [6, 6.07) is 8.34. The Labute approximate surface area is 240 Å². The molecular weight excluding hydrogens is 528 g/mol. The fourth-order valence-electron chi connectivity index (χ4n) is 5.98. The van der Waals surface area contributed by atoms with E-state index in [1.165, 1.54) is 21.6 Å². The molecular formula is C30H43N4O5S+. The van der Waals surface area contributed by atoms with Crippen LogP contribution in [-0.4, -0.2) is 75.9 Å². The van der Waals surface area contributed by atoms with Crippen LogP contribution in [0.15, 0.2) is 24.3 Å². The number of rotatable bonds is 11. The molecule has 2 aliphatic rings. The number of benzene rings is 1. The number of unbranched alkanes of at least 4 members (excludes halogenated alkanes) is 1. The predicted molar refractivity (Wildman–Crippen MR) is 157 cm³/mol. The zero-order valence-electron chi connectivity index (χ0n) is 23.8. The molecule has 1 aliphatic carbocycles. The summed E-state index contributed by atoms with van der Waals surface area (Å²) in [5.41, 5.74) is 1.84. The summed E-state index contributed by atoms with van der Waals surface area (Å²) in [6.45, 7) is 9.57. The number of hydrogen-bond donors (Lipinski definition) is 2. The van der Waals surface area contributed by atoms with E-state index >= 15 is 0 Å². The van der Waals surface area contributed by atoms with Gasteiger partial charge < -0.3 is 24.6 Å². The Morgan fingerprint density at radius 3 is 2.45 bits per heavy atom. The Hall–Kier alpha value is -2.98. The number of ether oxygens (including phenoxy) is 2. The molecule has 0 spiro atoms. The molecule has 0 unspecified atom stereocenters. The minimum Gasteiger partial charge on any atom is -0.494 e. The molecule has 0 amide bonds. The summed E-state index contributed by atoms with van der Waals surface area (Å²) in [5, 5.41) is 22.6. The Balaban J connectivity index is 1.21. The van der Waals surface area contributed by atoms with Crippen LogP contribution in [0.4, 0.5) is 10.6 Å². The van der Waals surface area contributed by atoms with Crippen molar-refractivity contribution in [3.8, 4) is 11.8 Å². The van der Waals surface area contributed by atoms with Gasteiger partial charge in [0.15, 0.2) is 17.6 Å². The van der Waals surface area contributed by atoms with Crippen molar-refractivity contribution in [3.05, 3.63) is 35.4 Å². The number of piperazine rings is 1. The Morgan fingerprint density at radius 2 is 1.75 bits per heavy atom. The minimum atomic E-state index is -0.598. The number of aromatic nitrogens is 2. The van der Waals surface area contributed by atoms with Crippen molar-refractivity contribution < 1.29 is 29.0 Å². The highest BCUT2D eigenvalue weighted by molar-refractivity contribution is 7.13. The van der Waals surface area contributed by atoms with Crippen molar-refractivity contribution in [2.45, 2.75) is 65.3 Å². The van der Waals surface area contributed by atoms with Crippen LogP contribution in [0.5, 0.6) is 11.8 Å². The van der Waals surface area contributed by atoms with Gasteiger partial charge >= 0.3 is 6.16 Å². The highest BCUT2D eigenvalue weighted by Gasteiger charge is 2.35. The van der Waals surface area contributed by atoms with Gasteiger partial charge in [0.05, 0.1) is 44.0 Å². The number of hydrogen-bond acceptors (Lipinski definition) is 8. The van der Waals surface area contributed by atoms with Crippen molar-refractivity contribution in [1.82, 2.24) is 8.94 Å². The van der Waals surface area contributed by atoms with Gasteiger partial charge in [-0.3, -0.25) is 9.05 Å². The van der Waals surface area contributed by atoms with Gasteiger partial charge in [-0.05, 0) is 74.5 Å². The maximum atomic E-state index is 12.4. The van der Waals surface area contributed by atoms with Gasteiger partial charge in [-0.15, -0.1) is 0 Å². The Bertz CT molecular complexity index is 1270. The van der Waals surface area contributed by atoms with E-state index in [4.69, 9.17) is 13.8 Å². The number of nitrogens with zero attached hydrogens (tertiary/aromatic N) is 4. The first-order valence-corrected chi connectivity index (χ1v) is 15.5. The topological polar surface area (TPSA) is 97.0 Å². The van der Waals surface area contributed by atoms with E-state index < -0.39 is 6.16 Å². The lowest BCUT2D eigenvalue weighted by Gasteiger charge is -2.44. The average molecular weight is 572 g/mol. The number of carbonyl (C=O) groups is 1. The van der Waals surface area contributed by atoms with Gasteiger partial charge in [0.2, 0.25) is 6.73 Å². The monoisotopic (exact) mass is 571 g/mol. The van der Waals surface area contributed by atoms with Crippen LogP contribution in [0.3, 0.4) is 0 Å². The van der Waals surface area contributed by atoms with E-state index in [1.54, 1.807) is 4.57 Å². The Kier molecular flexibility index (Phi) is 9.05. The van der Waals surface area contributed by atoms with Crippen LogP contribution in [0.25, 0.3) is 10.1 Å². The smallest absolute Gasteiger partial charge is 0.494 e. The van der Waals surface area contributed by atoms with Crippen molar-refractivity contribution in [1.29, 1.82) is 0 Å². The van der Waals surface area contributed by atoms with E-state index in [1.807, 2.05) is 6.07 Å². The molecule has 1 fully saturated rings. The molecule has 218 valence electrons. The fourth-order valence-corrected chi connectivity index (χ4v) is 6.78. The van der Waals surface area contributed by atoms with Gasteiger partial charge in [-0.2, -0.15) is 4.37 Å². The third-order valence-corrected chi connectivity index (χ3v) is 9.32. The molecule has 0 bridgehead atoms. The van der Waals surface area contributed by atoms with E-state index in [0.717, 1.165) is 94.6 Å². The third kappa shape index (κ3) is 6.33. The molecule has 2 N–H and O–H groups in total. The van der Waals surface area contributed by atoms with Crippen LogP contribution < -0.4 is 4.90 Å². The summed E-state index contributed by atoms with van der Waals surface area (Å²) in [7, 11) is 0. The van der Waals surface area contributed by atoms with E-state index in [2.05, 4.69) is 36.9 Å².